The molecule has 0 bridgehead atoms. The number of hydrogen-bond donors (Lipinski definition) is 2. The second kappa shape index (κ2) is 9.02. The third-order valence-electron chi connectivity index (χ3n) is 3.30. The fourth-order valence-corrected chi connectivity index (χ4v) is 4.64. The number of carbonyl (C=O) groups is 1. The fraction of sp³-hybridized carbons (Fsp3) is 0.312. The van der Waals surface area contributed by atoms with Crippen molar-refractivity contribution in [2.75, 3.05) is 11.9 Å². The SMILES string of the molecule is CC(Sc1nnc(NCc2ccco2)s1)C(=O)NCCc1cccs1. The summed E-state index contributed by atoms with van der Waals surface area (Å²) in [5.74, 6) is 0.852. The predicted molar refractivity (Wildman–Crippen MR) is 102 cm³/mol. The molecule has 3 heterocycles. The monoisotopic (exact) mass is 394 g/mol. The van der Waals surface area contributed by atoms with Crippen molar-refractivity contribution in [1.29, 1.82) is 0 Å². The number of amides is 1. The van der Waals surface area contributed by atoms with Gasteiger partial charge in [-0.05, 0) is 36.9 Å². The van der Waals surface area contributed by atoms with E-state index < -0.39 is 0 Å². The van der Waals surface area contributed by atoms with Crippen molar-refractivity contribution in [2.45, 2.75) is 29.5 Å². The molecule has 0 aliphatic carbocycles. The van der Waals surface area contributed by atoms with Crippen LogP contribution in [0.5, 0.6) is 0 Å². The lowest BCUT2D eigenvalue weighted by atomic mass is 10.3. The van der Waals surface area contributed by atoms with E-state index in [9.17, 15) is 4.79 Å². The Hall–Kier alpha value is -1.84. The standard InChI is InChI=1S/C16H18N4O2S3/c1-11(14(21)17-7-6-13-5-3-9-23-13)24-16-20-19-15(25-16)18-10-12-4-2-8-22-12/h2-5,8-9,11H,6-7,10H2,1H3,(H,17,21)(H,18,19). The summed E-state index contributed by atoms with van der Waals surface area (Å²) in [6.45, 7) is 3.09. The molecule has 25 heavy (non-hydrogen) atoms. The number of thioether (sulfide) groups is 1. The third-order valence-corrected chi connectivity index (χ3v) is 6.30. The molecule has 0 saturated heterocycles. The number of rotatable bonds is 9. The van der Waals surface area contributed by atoms with Gasteiger partial charge in [-0.15, -0.1) is 21.5 Å². The summed E-state index contributed by atoms with van der Waals surface area (Å²) in [5, 5.41) is 16.9. The van der Waals surface area contributed by atoms with Crippen LogP contribution in [0.15, 0.2) is 44.7 Å². The highest BCUT2D eigenvalue weighted by molar-refractivity contribution is 8.02. The summed E-state index contributed by atoms with van der Waals surface area (Å²) in [6, 6.07) is 7.84. The second-order valence-corrected chi connectivity index (χ2v) is 8.78. The number of aromatic nitrogens is 2. The van der Waals surface area contributed by atoms with Crippen molar-refractivity contribution in [3.05, 3.63) is 46.5 Å². The zero-order chi connectivity index (χ0) is 17.5. The van der Waals surface area contributed by atoms with Crippen LogP contribution in [0.25, 0.3) is 0 Å². The molecule has 0 spiro atoms. The Kier molecular flexibility index (Phi) is 6.48. The van der Waals surface area contributed by atoms with Gasteiger partial charge in [0.25, 0.3) is 0 Å². The summed E-state index contributed by atoms with van der Waals surface area (Å²) in [4.78, 5) is 13.4. The van der Waals surface area contributed by atoms with E-state index in [4.69, 9.17) is 4.42 Å². The van der Waals surface area contributed by atoms with Crippen LogP contribution in [0.4, 0.5) is 5.13 Å². The topological polar surface area (TPSA) is 80.1 Å². The highest BCUT2D eigenvalue weighted by atomic mass is 32.2. The van der Waals surface area contributed by atoms with Crippen LogP contribution in [-0.4, -0.2) is 27.9 Å². The molecule has 0 radical (unpaired) electrons. The van der Waals surface area contributed by atoms with Crippen LogP contribution < -0.4 is 10.6 Å². The summed E-state index contributed by atoms with van der Waals surface area (Å²) in [5.41, 5.74) is 0. The van der Waals surface area contributed by atoms with E-state index in [0.29, 0.717) is 18.2 Å². The van der Waals surface area contributed by atoms with Crippen molar-refractivity contribution in [1.82, 2.24) is 15.5 Å². The summed E-state index contributed by atoms with van der Waals surface area (Å²) in [6.07, 6.45) is 2.50. The average Bonchev–Trinajstić information content (AvgIpc) is 3.36. The fourth-order valence-electron chi connectivity index (χ4n) is 2.02. The lowest BCUT2D eigenvalue weighted by molar-refractivity contribution is -0.120. The molecule has 1 atom stereocenters. The van der Waals surface area contributed by atoms with E-state index in [-0.39, 0.29) is 11.2 Å². The molecular formula is C16H18N4O2S3. The minimum Gasteiger partial charge on any atom is -0.467 e. The smallest absolute Gasteiger partial charge is 0.233 e. The maximum Gasteiger partial charge on any atom is 0.233 e. The van der Waals surface area contributed by atoms with E-state index >= 15 is 0 Å². The van der Waals surface area contributed by atoms with Crippen molar-refractivity contribution < 1.29 is 9.21 Å². The summed E-state index contributed by atoms with van der Waals surface area (Å²) >= 11 is 4.55. The molecule has 9 heteroatoms. The maximum atomic E-state index is 12.2. The van der Waals surface area contributed by atoms with Crippen LogP contribution in [0.1, 0.15) is 17.6 Å². The Morgan fingerprint density at radius 1 is 1.36 bits per heavy atom. The summed E-state index contributed by atoms with van der Waals surface area (Å²) in [7, 11) is 0. The van der Waals surface area contributed by atoms with Gasteiger partial charge in [0.2, 0.25) is 11.0 Å². The molecule has 0 aliphatic rings. The van der Waals surface area contributed by atoms with E-state index in [1.807, 2.05) is 30.5 Å². The van der Waals surface area contributed by atoms with E-state index in [0.717, 1.165) is 16.5 Å². The normalized spacial score (nSPS) is 12.0. The van der Waals surface area contributed by atoms with Crippen LogP contribution >= 0.6 is 34.4 Å². The van der Waals surface area contributed by atoms with Gasteiger partial charge in [0.05, 0.1) is 18.1 Å². The number of nitrogens with one attached hydrogen (secondary N) is 2. The first-order valence-electron chi connectivity index (χ1n) is 7.77. The second-order valence-electron chi connectivity index (χ2n) is 5.19. The Morgan fingerprint density at radius 3 is 3.04 bits per heavy atom. The van der Waals surface area contributed by atoms with Crippen LogP contribution in [0.3, 0.4) is 0 Å². The number of thiophene rings is 1. The number of furan rings is 1. The quantitative estimate of drug-likeness (QED) is 0.539. The molecule has 0 aliphatic heterocycles. The molecule has 3 aromatic heterocycles. The van der Waals surface area contributed by atoms with Gasteiger partial charge in [-0.2, -0.15) is 0 Å². The first-order valence-corrected chi connectivity index (χ1v) is 10.3. The van der Waals surface area contributed by atoms with Crippen molar-refractivity contribution in [3.63, 3.8) is 0 Å². The Balaban J connectivity index is 1.41. The van der Waals surface area contributed by atoms with Crippen molar-refractivity contribution in [3.8, 4) is 0 Å². The molecule has 0 saturated carbocycles. The first-order chi connectivity index (χ1) is 12.2. The van der Waals surface area contributed by atoms with Gasteiger partial charge in [-0.25, -0.2) is 0 Å². The highest BCUT2D eigenvalue weighted by Crippen LogP contribution is 2.29. The molecule has 132 valence electrons. The first kappa shape index (κ1) is 18.0. The molecule has 1 amide bonds. The molecule has 6 nitrogen and oxygen atoms in total. The van der Waals surface area contributed by atoms with Gasteiger partial charge in [-0.1, -0.05) is 29.2 Å². The predicted octanol–water partition coefficient (Wildman–Crippen LogP) is 3.64. The Labute approximate surface area is 158 Å². The Morgan fingerprint density at radius 2 is 2.28 bits per heavy atom. The van der Waals surface area contributed by atoms with Crippen molar-refractivity contribution >= 4 is 45.5 Å². The zero-order valence-electron chi connectivity index (χ0n) is 13.6. The lowest BCUT2D eigenvalue weighted by Gasteiger charge is -2.09. The van der Waals surface area contributed by atoms with Gasteiger partial charge in [-0.3, -0.25) is 4.79 Å². The van der Waals surface area contributed by atoms with E-state index in [2.05, 4.69) is 26.9 Å². The van der Waals surface area contributed by atoms with Gasteiger partial charge in [0.1, 0.15) is 5.76 Å². The molecule has 0 fully saturated rings. The molecule has 0 aromatic carbocycles. The Bertz CT molecular complexity index is 771. The number of carbonyl (C=O) groups excluding carboxylic acids is 1. The van der Waals surface area contributed by atoms with Crippen LogP contribution in [0.2, 0.25) is 0 Å². The molecule has 3 rings (SSSR count). The van der Waals surface area contributed by atoms with Crippen LogP contribution in [-0.2, 0) is 17.8 Å². The van der Waals surface area contributed by atoms with Gasteiger partial charge >= 0.3 is 0 Å². The van der Waals surface area contributed by atoms with Gasteiger partial charge < -0.3 is 15.1 Å². The van der Waals surface area contributed by atoms with Gasteiger partial charge in [0, 0.05) is 11.4 Å². The molecule has 1 unspecified atom stereocenters. The minimum atomic E-state index is -0.214. The van der Waals surface area contributed by atoms with E-state index in [1.165, 1.54) is 28.0 Å². The van der Waals surface area contributed by atoms with E-state index in [1.54, 1.807) is 17.6 Å². The average molecular weight is 395 g/mol. The third kappa shape index (κ3) is 5.58. The van der Waals surface area contributed by atoms with Crippen molar-refractivity contribution in [2.24, 2.45) is 0 Å². The molecule has 3 aromatic rings. The van der Waals surface area contributed by atoms with Crippen LogP contribution in [0, 0.1) is 0 Å². The minimum absolute atomic E-state index is 0.0156. The summed E-state index contributed by atoms with van der Waals surface area (Å²) < 4.78 is 6.03. The number of hydrogen-bond acceptors (Lipinski definition) is 8. The zero-order valence-corrected chi connectivity index (χ0v) is 16.0. The van der Waals surface area contributed by atoms with Gasteiger partial charge in [0.15, 0.2) is 4.34 Å². The lowest BCUT2D eigenvalue weighted by Crippen LogP contribution is -2.32. The number of anilines is 1. The molecular weight excluding hydrogens is 376 g/mol. The maximum absolute atomic E-state index is 12.2. The molecule has 2 N–H and O–H groups in total. The number of nitrogens with zero attached hydrogens (tertiary/aromatic N) is 2. The largest absolute Gasteiger partial charge is 0.467 e. The highest BCUT2D eigenvalue weighted by Gasteiger charge is 2.17.